The monoisotopic (exact) mass is 605 g/mol. The Morgan fingerprint density at radius 1 is 1.11 bits per heavy atom. The zero-order valence-corrected chi connectivity index (χ0v) is 26.6. The van der Waals surface area contributed by atoms with Gasteiger partial charge in [0.15, 0.2) is 6.10 Å². The van der Waals surface area contributed by atoms with E-state index < -0.39 is 17.7 Å². The lowest BCUT2D eigenvalue weighted by atomic mass is 9.81. The second-order valence-corrected chi connectivity index (χ2v) is 13.1. The molecule has 236 valence electrons. The van der Waals surface area contributed by atoms with Gasteiger partial charge in [-0.2, -0.15) is 0 Å². The van der Waals surface area contributed by atoms with Gasteiger partial charge in [-0.3, -0.25) is 9.78 Å². The molecule has 1 amide bonds. The summed E-state index contributed by atoms with van der Waals surface area (Å²) in [5.41, 5.74) is 4.51. The van der Waals surface area contributed by atoms with Gasteiger partial charge in [0.2, 0.25) is 6.41 Å². The van der Waals surface area contributed by atoms with Crippen molar-refractivity contribution in [2.75, 3.05) is 24.6 Å². The lowest BCUT2D eigenvalue weighted by molar-refractivity contribution is -0.160. The van der Waals surface area contributed by atoms with Crippen molar-refractivity contribution in [2.45, 2.75) is 79.1 Å². The molecule has 0 aliphatic carbocycles. The number of hydrogen-bond donors (Lipinski definition) is 2. The van der Waals surface area contributed by atoms with Crippen molar-refractivity contribution in [3.05, 3.63) is 76.9 Å². The number of carbonyl (C=O) groups excluding carboxylic acids is 1. The number of carbonyl (C=O) groups is 2. The molecule has 1 atom stereocenters. The van der Waals surface area contributed by atoms with Gasteiger partial charge in [-0.1, -0.05) is 38.1 Å². The van der Waals surface area contributed by atoms with E-state index in [0.29, 0.717) is 42.1 Å². The van der Waals surface area contributed by atoms with Gasteiger partial charge in [0.05, 0.1) is 30.1 Å². The minimum atomic E-state index is -1.24. The van der Waals surface area contributed by atoms with E-state index in [4.69, 9.17) is 14.5 Å². The maximum absolute atomic E-state index is 13.2. The molecule has 0 spiro atoms. The molecule has 2 N–H and O–H groups in total. The second kappa shape index (κ2) is 13.8. The van der Waals surface area contributed by atoms with E-state index in [1.165, 1.54) is 12.1 Å². The molecule has 4 rings (SSSR count). The molecule has 0 unspecified atom stereocenters. The zero-order valence-electron chi connectivity index (χ0n) is 26.6. The predicted octanol–water partition coefficient (Wildman–Crippen LogP) is 6.63. The van der Waals surface area contributed by atoms with E-state index in [9.17, 15) is 19.1 Å². The fraction of sp³-hybridized carbons (Fsp3) is 0.457. The number of piperidine rings is 1. The van der Waals surface area contributed by atoms with Crippen LogP contribution >= 0.6 is 0 Å². The van der Waals surface area contributed by atoms with Crippen molar-refractivity contribution >= 4 is 18.1 Å². The number of aryl methyl sites for hydroxylation is 1. The fourth-order valence-corrected chi connectivity index (χ4v) is 5.55. The van der Waals surface area contributed by atoms with E-state index in [1.807, 2.05) is 45.0 Å². The van der Waals surface area contributed by atoms with Crippen LogP contribution in [0.4, 0.5) is 10.1 Å². The maximum Gasteiger partial charge on any atom is 0.337 e. The summed E-state index contributed by atoms with van der Waals surface area (Å²) in [5, 5.41) is 13.2. The summed E-state index contributed by atoms with van der Waals surface area (Å²) < 4.78 is 25.4. The molecule has 0 saturated carbocycles. The van der Waals surface area contributed by atoms with E-state index in [1.54, 1.807) is 19.1 Å². The smallest absolute Gasteiger partial charge is 0.337 e. The number of aliphatic carboxylic acids is 1. The van der Waals surface area contributed by atoms with Gasteiger partial charge in [0, 0.05) is 36.3 Å². The molecule has 2 aromatic carbocycles. The Morgan fingerprint density at radius 2 is 1.75 bits per heavy atom. The van der Waals surface area contributed by atoms with Gasteiger partial charge in [-0.25, -0.2) is 9.18 Å². The third kappa shape index (κ3) is 8.34. The van der Waals surface area contributed by atoms with Crippen molar-refractivity contribution in [1.29, 1.82) is 0 Å². The molecule has 0 radical (unpaired) electrons. The highest BCUT2D eigenvalue weighted by Crippen LogP contribution is 2.45. The van der Waals surface area contributed by atoms with Crippen LogP contribution in [0, 0.1) is 18.2 Å². The zero-order chi connectivity index (χ0) is 32.1. The molecule has 1 saturated heterocycles. The molecule has 1 aromatic heterocycles. The molecule has 1 aliphatic rings. The fourth-order valence-electron chi connectivity index (χ4n) is 5.55. The Balaban J connectivity index is 1.79. The third-order valence-corrected chi connectivity index (χ3v) is 7.93. The molecule has 1 aliphatic heterocycles. The van der Waals surface area contributed by atoms with Gasteiger partial charge in [0.25, 0.3) is 0 Å². The van der Waals surface area contributed by atoms with Crippen molar-refractivity contribution < 1.29 is 28.6 Å². The number of carboxylic acids is 1. The third-order valence-electron chi connectivity index (χ3n) is 7.93. The number of nitrogens with one attached hydrogen (secondary N) is 1. The number of halogens is 1. The van der Waals surface area contributed by atoms with Crippen LogP contribution in [0.5, 0.6) is 5.75 Å². The number of amides is 1. The molecule has 0 bridgehead atoms. The number of nitrogens with zero attached hydrogens (tertiary/aromatic N) is 2. The summed E-state index contributed by atoms with van der Waals surface area (Å²) in [7, 11) is 0. The number of benzene rings is 2. The van der Waals surface area contributed by atoms with Gasteiger partial charge >= 0.3 is 5.97 Å². The van der Waals surface area contributed by atoms with Crippen LogP contribution in [0.1, 0.15) is 76.1 Å². The van der Waals surface area contributed by atoms with Crippen LogP contribution in [0.25, 0.3) is 11.1 Å². The van der Waals surface area contributed by atoms with Gasteiger partial charge in [-0.15, -0.1) is 0 Å². The molecule has 44 heavy (non-hydrogen) atoms. The van der Waals surface area contributed by atoms with Gasteiger partial charge in [0.1, 0.15) is 11.6 Å². The highest BCUT2D eigenvalue weighted by atomic mass is 19.1. The standard InChI is InChI=1S/C35H44FN3O5/c1-23-29(32(33(41)42)44-34(2,3)4)31(39-18-16-35(5,6)17-19-39)30(28(38-23)21-37-22-40)25-9-13-27(14-10-25)43-20-15-24-7-11-26(36)12-8-24/h7-14,22,32H,15-21H2,1-6H3,(H,37,40)(H,41,42)/t32-/m0/s1. The first kappa shape index (κ1) is 32.9. The Labute approximate surface area is 259 Å². The number of hydrogen-bond acceptors (Lipinski definition) is 6. The van der Waals surface area contributed by atoms with E-state index in [-0.39, 0.29) is 17.8 Å². The SMILES string of the molecule is Cc1nc(CNC=O)c(-c2ccc(OCCc3ccc(F)cc3)cc2)c(N2CCC(C)(C)CC2)c1[C@H](OC(C)(C)C)C(=O)O. The van der Waals surface area contributed by atoms with Crippen molar-refractivity contribution in [3.8, 4) is 16.9 Å². The quantitative estimate of drug-likeness (QED) is 0.224. The van der Waals surface area contributed by atoms with Crippen LogP contribution < -0.4 is 15.0 Å². The number of carboxylic acid groups (broad SMARTS) is 1. The van der Waals surface area contributed by atoms with Gasteiger partial charge < -0.3 is 24.8 Å². The summed E-state index contributed by atoms with van der Waals surface area (Å²) in [5.74, 6) is -0.684. The summed E-state index contributed by atoms with van der Waals surface area (Å²) in [6.07, 6.45) is 1.91. The van der Waals surface area contributed by atoms with Crippen molar-refractivity contribution in [2.24, 2.45) is 5.41 Å². The number of anilines is 1. The van der Waals surface area contributed by atoms with E-state index in [2.05, 4.69) is 24.1 Å². The first-order valence-corrected chi connectivity index (χ1v) is 15.1. The van der Waals surface area contributed by atoms with Crippen LogP contribution in [-0.2, 0) is 27.3 Å². The molecule has 3 aromatic rings. The number of rotatable bonds is 12. The molecule has 8 nitrogen and oxygen atoms in total. The largest absolute Gasteiger partial charge is 0.493 e. The van der Waals surface area contributed by atoms with Crippen LogP contribution in [0.3, 0.4) is 0 Å². The van der Waals surface area contributed by atoms with Crippen LogP contribution in [-0.4, -0.2) is 47.8 Å². The number of pyridine rings is 1. The Bertz CT molecular complexity index is 1440. The lowest BCUT2D eigenvalue weighted by Crippen LogP contribution is -2.39. The van der Waals surface area contributed by atoms with E-state index in [0.717, 1.165) is 48.3 Å². The lowest BCUT2D eigenvalue weighted by Gasteiger charge is -2.41. The summed E-state index contributed by atoms with van der Waals surface area (Å²) >= 11 is 0. The summed E-state index contributed by atoms with van der Waals surface area (Å²) in [4.78, 5) is 31.3. The average Bonchev–Trinajstić information content (AvgIpc) is 2.96. The van der Waals surface area contributed by atoms with E-state index >= 15 is 0 Å². The van der Waals surface area contributed by atoms with Crippen molar-refractivity contribution in [3.63, 3.8) is 0 Å². The second-order valence-electron chi connectivity index (χ2n) is 13.1. The molecule has 2 heterocycles. The Hall–Kier alpha value is -3.98. The highest BCUT2D eigenvalue weighted by Gasteiger charge is 2.37. The topological polar surface area (TPSA) is 101 Å². The summed E-state index contributed by atoms with van der Waals surface area (Å²) in [6, 6.07) is 14.0. The van der Waals surface area contributed by atoms with Crippen LogP contribution in [0.2, 0.25) is 0 Å². The normalized spacial score (nSPS) is 15.5. The molecular formula is C35H44FN3O5. The first-order chi connectivity index (χ1) is 20.8. The Morgan fingerprint density at radius 3 is 2.32 bits per heavy atom. The van der Waals surface area contributed by atoms with Crippen molar-refractivity contribution in [1.82, 2.24) is 10.3 Å². The maximum atomic E-state index is 13.2. The molecular weight excluding hydrogens is 561 g/mol. The number of aromatic nitrogens is 1. The highest BCUT2D eigenvalue weighted by molar-refractivity contribution is 5.88. The number of ether oxygens (including phenoxy) is 2. The van der Waals surface area contributed by atoms with Crippen LogP contribution in [0.15, 0.2) is 48.5 Å². The first-order valence-electron chi connectivity index (χ1n) is 15.1. The van der Waals surface area contributed by atoms with Gasteiger partial charge in [-0.05, 0) is 81.3 Å². The minimum absolute atomic E-state index is 0.168. The predicted molar refractivity (Wildman–Crippen MR) is 169 cm³/mol. The minimum Gasteiger partial charge on any atom is -0.493 e. The Kier molecular flexibility index (Phi) is 10.3. The summed E-state index contributed by atoms with van der Waals surface area (Å²) in [6.45, 7) is 13.9. The molecule has 1 fully saturated rings. The molecule has 9 heteroatoms. The average molecular weight is 606 g/mol.